The van der Waals surface area contributed by atoms with Gasteiger partial charge < -0.3 is 9.80 Å². The van der Waals surface area contributed by atoms with Gasteiger partial charge in [0.25, 0.3) is 6.43 Å². The molecule has 7 heteroatoms. The van der Waals surface area contributed by atoms with E-state index in [1.165, 1.54) is 6.07 Å². The zero-order chi connectivity index (χ0) is 15.0. The zero-order valence-electron chi connectivity index (χ0n) is 12.0. The van der Waals surface area contributed by atoms with E-state index in [0.29, 0.717) is 17.8 Å². The third-order valence-corrected chi connectivity index (χ3v) is 4.98. The quantitative estimate of drug-likeness (QED) is 0.858. The fraction of sp³-hybridized carbons (Fsp3) is 0.714. The van der Waals surface area contributed by atoms with E-state index in [1.807, 2.05) is 0 Å². The van der Waals surface area contributed by atoms with Gasteiger partial charge >= 0.3 is 0 Å². The zero-order valence-corrected chi connectivity index (χ0v) is 12.7. The topological polar surface area (TPSA) is 32.3 Å². The second-order valence-electron chi connectivity index (χ2n) is 5.74. The number of piperidine rings is 1. The van der Waals surface area contributed by atoms with Crippen molar-refractivity contribution in [3.63, 3.8) is 0 Å². The van der Waals surface area contributed by atoms with Gasteiger partial charge in [0, 0.05) is 19.1 Å². The number of hydrogen-bond acceptors (Lipinski definition) is 4. The van der Waals surface area contributed by atoms with Crippen LogP contribution in [0.3, 0.4) is 0 Å². The molecule has 0 saturated carbocycles. The molecule has 0 bridgehead atoms. The van der Waals surface area contributed by atoms with Crippen molar-refractivity contribution in [1.29, 1.82) is 0 Å². The van der Waals surface area contributed by atoms with Gasteiger partial charge in [0.1, 0.15) is 0 Å². The largest absolute Gasteiger partial charge is 0.351 e. The van der Waals surface area contributed by atoms with Crippen LogP contribution in [0, 0.1) is 5.92 Å². The van der Waals surface area contributed by atoms with Gasteiger partial charge in [-0.15, -0.1) is 10.2 Å². The summed E-state index contributed by atoms with van der Waals surface area (Å²) in [6.07, 6.45) is -0.363. The summed E-state index contributed by atoms with van der Waals surface area (Å²) >= 11 is 5.70. The van der Waals surface area contributed by atoms with Gasteiger partial charge in [0.05, 0.1) is 5.56 Å². The van der Waals surface area contributed by atoms with Crippen LogP contribution in [-0.2, 0) is 0 Å². The number of fused-ring (bicyclic) bond motifs is 1. The number of aromatic nitrogens is 2. The van der Waals surface area contributed by atoms with Crippen molar-refractivity contribution in [3.8, 4) is 0 Å². The fourth-order valence-corrected chi connectivity index (χ4v) is 3.63. The molecule has 1 aromatic rings. The van der Waals surface area contributed by atoms with E-state index in [-0.39, 0.29) is 10.7 Å². The fourth-order valence-electron chi connectivity index (χ4n) is 3.45. The Morgan fingerprint density at radius 1 is 1.33 bits per heavy atom. The van der Waals surface area contributed by atoms with E-state index in [4.69, 9.17) is 11.6 Å². The van der Waals surface area contributed by atoms with Gasteiger partial charge in [-0.05, 0) is 37.9 Å². The molecule has 0 aliphatic carbocycles. The number of nitrogens with zero attached hydrogens (tertiary/aromatic N) is 4. The number of hydrogen-bond donors (Lipinski definition) is 0. The maximum absolute atomic E-state index is 13.0. The molecule has 2 fully saturated rings. The molecule has 0 amide bonds. The van der Waals surface area contributed by atoms with Gasteiger partial charge in [-0.1, -0.05) is 18.5 Å². The number of anilines is 1. The van der Waals surface area contributed by atoms with Gasteiger partial charge in [-0.25, -0.2) is 8.78 Å². The number of likely N-dealkylation sites (tertiary alicyclic amines) is 1. The molecule has 2 aliphatic rings. The number of rotatable bonds is 3. The third kappa shape index (κ3) is 2.83. The summed E-state index contributed by atoms with van der Waals surface area (Å²) in [6, 6.07) is 1.74. The standard InChI is InChI=1S/C14H19ClF2N4/c1-2-20-5-3-9-4-6-21(11(9)8-20)12-7-10(14(16)17)13(15)19-18-12/h7,9,11,14H,2-6,8H2,1H3/t9-,11-/m0/s1. The lowest BCUT2D eigenvalue weighted by Gasteiger charge is -2.38. The number of likely N-dealkylation sites (N-methyl/N-ethyl adjacent to an activating group) is 1. The highest BCUT2D eigenvalue weighted by Crippen LogP contribution is 2.36. The smallest absolute Gasteiger partial charge is 0.267 e. The Morgan fingerprint density at radius 2 is 2.10 bits per heavy atom. The predicted molar refractivity (Wildman–Crippen MR) is 78.0 cm³/mol. The maximum atomic E-state index is 13.0. The Morgan fingerprint density at radius 3 is 2.81 bits per heavy atom. The van der Waals surface area contributed by atoms with E-state index >= 15 is 0 Å². The molecule has 4 nitrogen and oxygen atoms in total. The van der Waals surface area contributed by atoms with Crippen molar-refractivity contribution in [1.82, 2.24) is 15.1 Å². The summed E-state index contributed by atoms with van der Waals surface area (Å²) in [7, 11) is 0. The van der Waals surface area contributed by atoms with E-state index in [2.05, 4.69) is 26.9 Å². The van der Waals surface area contributed by atoms with Crippen molar-refractivity contribution in [2.24, 2.45) is 5.92 Å². The molecule has 21 heavy (non-hydrogen) atoms. The van der Waals surface area contributed by atoms with Gasteiger partial charge in [-0.3, -0.25) is 0 Å². The molecule has 116 valence electrons. The summed E-state index contributed by atoms with van der Waals surface area (Å²) in [5, 5.41) is 7.53. The van der Waals surface area contributed by atoms with Crippen LogP contribution >= 0.6 is 11.6 Å². The molecule has 3 heterocycles. The summed E-state index contributed by atoms with van der Waals surface area (Å²) in [5.41, 5.74) is -0.228. The molecule has 2 atom stereocenters. The molecular weight excluding hydrogens is 298 g/mol. The van der Waals surface area contributed by atoms with Crippen LogP contribution in [0.2, 0.25) is 5.15 Å². The molecule has 2 saturated heterocycles. The first-order chi connectivity index (χ1) is 10.1. The molecule has 0 radical (unpaired) electrons. The third-order valence-electron chi connectivity index (χ3n) is 4.69. The summed E-state index contributed by atoms with van der Waals surface area (Å²) in [5.74, 6) is 1.15. The molecule has 3 rings (SSSR count). The average molecular weight is 317 g/mol. The first-order valence-corrected chi connectivity index (χ1v) is 7.78. The van der Waals surface area contributed by atoms with E-state index in [9.17, 15) is 8.78 Å². The highest BCUT2D eigenvalue weighted by Gasteiger charge is 2.39. The van der Waals surface area contributed by atoms with Crippen LogP contribution in [0.25, 0.3) is 0 Å². The first-order valence-electron chi connectivity index (χ1n) is 7.40. The minimum atomic E-state index is -2.62. The highest BCUT2D eigenvalue weighted by molar-refractivity contribution is 6.30. The molecule has 1 aromatic heterocycles. The monoisotopic (exact) mass is 316 g/mol. The van der Waals surface area contributed by atoms with E-state index in [1.54, 1.807) is 0 Å². The van der Waals surface area contributed by atoms with E-state index in [0.717, 1.165) is 39.0 Å². The average Bonchev–Trinajstić information content (AvgIpc) is 2.90. The van der Waals surface area contributed by atoms with Crippen LogP contribution < -0.4 is 4.90 Å². The van der Waals surface area contributed by atoms with Crippen LogP contribution in [-0.4, -0.2) is 47.3 Å². The second-order valence-corrected chi connectivity index (χ2v) is 6.10. The van der Waals surface area contributed by atoms with Crippen molar-refractivity contribution in [2.45, 2.75) is 32.2 Å². The van der Waals surface area contributed by atoms with Gasteiger partial charge in [0.2, 0.25) is 0 Å². The first kappa shape index (κ1) is 14.9. The minimum Gasteiger partial charge on any atom is -0.351 e. The van der Waals surface area contributed by atoms with Crippen LogP contribution in [0.5, 0.6) is 0 Å². The Kier molecular flexibility index (Phi) is 4.26. The molecule has 0 aromatic carbocycles. The van der Waals surface area contributed by atoms with Crippen molar-refractivity contribution in [3.05, 3.63) is 16.8 Å². The number of halogens is 3. The summed E-state index contributed by atoms with van der Waals surface area (Å²) in [6.45, 7) is 6.11. The van der Waals surface area contributed by atoms with Crippen LogP contribution in [0.1, 0.15) is 31.8 Å². The van der Waals surface area contributed by atoms with Crippen LogP contribution in [0.15, 0.2) is 6.07 Å². The van der Waals surface area contributed by atoms with Gasteiger partial charge in [-0.2, -0.15) is 0 Å². The van der Waals surface area contributed by atoms with Crippen molar-refractivity contribution < 1.29 is 8.78 Å². The lowest BCUT2D eigenvalue weighted by Crippen LogP contribution is -2.48. The van der Waals surface area contributed by atoms with Crippen molar-refractivity contribution in [2.75, 3.05) is 31.1 Å². The van der Waals surface area contributed by atoms with Crippen LogP contribution in [0.4, 0.5) is 14.6 Å². The van der Waals surface area contributed by atoms with Gasteiger partial charge in [0.15, 0.2) is 11.0 Å². The Labute approximate surface area is 128 Å². The highest BCUT2D eigenvalue weighted by atomic mass is 35.5. The lowest BCUT2D eigenvalue weighted by atomic mass is 9.92. The Bertz CT molecular complexity index is 514. The Hall–Kier alpha value is -1.01. The molecule has 0 spiro atoms. The molecule has 0 unspecified atom stereocenters. The Balaban J connectivity index is 1.85. The number of alkyl halides is 2. The molecular formula is C14H19ClF2N4. The molecule has 0 N–H and O–H groups in total. The normalized spacial score (nSPS) is 26.4. The minimum absolute atomic E-state index is 0.205. The summed E-state index contributed by atoms with van der Waals surface area (Å²) < 4.78 is 25.9. The molecule has 2 aliphatic heterocycles. The summed E-state index contributed by atoms with van der Waals surface area (Å²) in [4.78, 5) is 4.53. The second kappa shape index (κ2) is 6.01. The van der Waals surface area contributed by atoms with Crippen molar-refractivity contribution >= 4 is 17.4 Å². The van der Waals surface area contributed by atoms with E-state index < -0.39 is 6.43 Å². The predicted octanol–water partition coefficient (Wildman–Crippen LogP) is 2.99. The SMILES string of the molecule is CCN1CC[C@H]2CCN(c3cc(C(F)F)c(Cl)nn3)[C@H]2C1. The maximum Gasteiger partial charge on any atom is 0.267 e. The lowest BCUT2D eigenvalue weighted by molar-refractivity contribution is 0.151.